The lowest BCUT2D eigenvalue weighted by atomic mass is 9.97. The number of ether oxygens (including phenoxy) is 8. The second kappa shape index (κ2) is 24.1. The van der Waals surface area contributed by atoms with Crippen LogP contribution in [0, 0.1) is 5.92 Å². The molecule has 0 spiro atoms. The minimum Gasteiger partial charge on any atom is -0.497 e. The summed E-state index contributed by atoms with van der Waals surface area (Å²) in [7, 11) is 4.62. The molecule has 5 N–H and O–H groups in total. The van der Waals surface area contributed by atoms with E-state index in [2.05, 4.69) is 40.2 Å². The predicted octanol–water partition coefficient (Wildman–Crippen LogP) is 5.35. The fraction of sp³-hybridized carbons (Fsp3) is 0.469. The molecule has 2 aliphatic rings. The molecule has 1 aliphatic carbocycles. The first kappa shape index (κ1) is 48.2. The molecule has 7 atom stereocenters. The summed E-state index contributed by atoms with van der Waals surface area (Å²) in [5.41, 5.74) is 5.99. The van der Waals surface area contributed by atoms with Gasteiger partial charge in [-0.25, -0.2) is 4.79 Å². The molecule has 15 heteroatoms. The minimum atomic E-state index is -1.18. The number of nitrogens with one attached hydrogen (secondary N) is 3. The van der Waals surface area contributed by atoms with E-state index < -0.39 is 42.8 Å². The number of benzene rings is 4. The fourth-order valence-corrected chi connectivity index (χ4v) is 8.10. The molecule has 346 valence electrons. The number of alkyl carbamates (subject to hydrolysis) is 1. The number of rotatable bonds is 24. The van der Waals surface area contributed by atoms with Crippen molar-refractivity contribution in [3.8, 4) is 28.4 Å². The van der Waals surface area contributed by atoms with E-state index in [-0.39, 0.29) is 31.0 Å². The van der Waals surface area contributed by atoms with Crippen molar-refractivity contribution in [2.45, 2.75) is 69.4 Å². The van der Waals surface area contributed by atoms with Crippen LogP contribution in [0.4, 0.5) is 4.79 Å². The summed E-state index contributed by atoms with van der Waals surface area (Å²) < 4.78 is 45.4. The molecule has 15 nitrogen and oxygen atoms in total. The molecule has 6 rings (SSSR count). The third-order valence-electron chi connectivity index (χ3n) is 11.6. The first-order chi connectivity index (χ1) is 31.1. The number of aliphatic hydroxyl groups excluding tert-OH is 2. The van der Waals surface area contributed by atoms with Crippen molar-refractivity contribution >= 4 is 12.0 Å². The Morgan fingerprint density at radius 3 is 2.22 bits per heavy atom. The molecule has 0 aromatic heterocycles. The summed E-state index contributed by atoms with van der Waals surface area (Å²) in [6.07, 6.45) is -3.42. The Labute approximate surface area is 375 Å². The molecular formula is C49H63N3O12. The Morgan fingerprint density at radius 2 is 1.55 bits per heavy atom. The van der Waals surface area contributed by atoms with Crippen LogP contribution in [0.3, 0.4) is 0 Å². The third-order valence-corrected chi connectivity index (χ3v) is 11.6. The van der Waals surface area contributed by atoms with Crippen molar-refractivity contribution < 1.29 is 57.7 Å². The molecule has 0 saturated carbocycles. The van der Waals surface area contributed by atoms with Gasteiger partial charge in [-0.15, -0.1) is 0 Å². The number of hydrogen-bond acceptors (Lipinski definition) is 13. The Kier molecular flexibility index (Phi) is 18.2. The SMILES string of the molecule is CCOC1OC(CNCCCOCCC(C)CNC(=O)COc2ccc(C(NC(=O)OCC3c4ccccc4-c4ccccc43)c3ccc(OC)cc3OC)cc2)C(OC)C(O)C1O. The maximum absolute atomic E-state index is 13.6. The van der Waals surface area contributed by atoms with Crippen LogP contribution >= 0.6 is 0 Å². The molecule has 1 saturated heterocycles. The smallest absolute Gasteiger partial charge is 0.407 e. The van der Waals surface area contributed by atoms with Gasteiger partial charge in [0.05, 0.1) is 20.3 Å². The highest BCUT2D eigenvalue weighted by atomic mass is 16.7. The number of amides is 2. The van der Waals surface area contributed by atoms with Gasteiger partial charge in [0.1, 0.15) is 48.3 Å². The summed E-state index contributed by atoms with van der Waals surface area (Å²) in [6.45, 7) is 6.87. The van der Waals surface area contributed by atoms with Crippen molar-refractivity contribution in [2.75, 3.05) is 74.0 Å². The molecule has 1 aliphatic heterocycles. The van der Waals surface area contributed by atoms with E-state index in [0.717, 1.165) is 40.7 Å². The number of carbonyl (C=O) groups excluding carboxylic acids is 2. The van der Waals surface area contributed by atoms with Gasteiger partial charge in [-0.3, -0.25) is 4.79 Å². The zero-order valence-electron chi connectivity index (χ0n) is 37.3. The average Bonchev–Trinajstić information content (AvgIpc) is 3.64. The lowest BCUT2D eigenvalue weighted by molar-refractivity contribution is -0.297. The standard InChI is InChI=1S/C49H63N3O12/c1-6-61-48-46(55)45(54)47(59-5)42(64-48)28-50-23-11-24-60-25-22-31(2)27-51-43(53)30-62-33-18-16-32(17-19-33)44(39-21-20-34(57-3)26-41(39)58-4)52-49(56)63-29-40-37-14-9-7-12-35(37)36-13-8-10-15-38(36)40/h7-10,12-21,26,31,40,42,44-48,50,54-55H,6,11,22-25,27-30H2,1-5H3,(H,51,53)(H,52,56). The van der Waals surface area contributed by atoms with Crippen LogP contribution < -0.4 is 30.2 Å². The van der Waals surface area contributed by atoms with Crippen LogP contribution in [-0.2, 0) is 28.5 Å². The van der Waals surface area contributed by atoms with E-state index in [1.165, 1.54) is 7.11 Å². The van der Waals surface area contributed by atoms with Crippen molar-refractivity contribution in [2.24, 2.45) is 5.92 Å². The minimum absolute atomic E-state index is 0.0896. The largest absolute Gasteiger partial charge is 0.497 e. The lowest BCUT2D eigenvalue weighted by Gasteiger charge is -2.41. The zero-order chi connectivity index (χ0) is 45.4. The summed E-state index contributed by atoms with van der Waals surface area (Å²) in [6, 6.07) is 28.3. The van der Waals surface area contributed by atoms with Crippen LogP contribution in [0.2, 0.25) is 0 Å². The zero-order valence-corrected chi connectivity index (χ0v) is 37.3. The Hall–Kier alpha value is -5.26. The molecule has 64 heavy (non-hydrogen) atoms. The monoisotopic (exact) mass is 885 g/mol. The Balaban J connectivity index is 0.925. The highest BCUT2D eigenvalue weighted by Gasteiger charge is 2.45. The maximum Gasteiger partial charge on any atom is 0.407 e. The third kappa shape index (κ3) is 12.5. The first-order valence-corrected chi connectivity index (χ1v) is 21.9. The second-order valence-electron chi connectivity index (χ2n) is 15.9. The summed E-state index contributed by atoms with van der Waals surface area (Å²) in [4.78, 5) is 26.3. The topological polar surface area (TPSA) is 185 Å². The van der Waals surface area contributed by atoms with Gasteiger partial charge in [0, 0.05) is 57.6 Å². The van der Waals surface area contributed by atoms with Gasteiger partial charge in [0.15, 0.2) is 12.9 Å². The summed E-state index contributed by atoms with van der Waals surface area (Å²) >= 11 is 0. The fourth-order valence-electron chi connectivity index (χ4n) is 8.10. The van der Waals surface area contributed by atoms with E-state index in [1.54, 1.807) is 39.3 Å². The Morgan fingerprint density at radius 1 is 0.844 bits per heavy atom. The van der Waals surface area contributed by atoms with Crippen molar-refractivity contribution in [3.63, 3.8) is 0 Å². The Bertz CT molecular complexity index is 2040. The van der Waals surface area contributed by atoms with Gasteiger partial charge in [-0.05, 0) is 84.3 Å². The molecule has 1 heterocycles. The van der Waals surface area contributed by atoms with E-state index in [4.69, 9.17) is 37.9 Å². The van der Waals surface area contributed by atoms with Gasteiger partial charge in [0.2, 0.25) is 0 Å². The summed E-state index contributed by atoms with van der Waals surface area (Å²) in [5.74, 6) is 1.48. The van der Waals surface area contributed by atoms with E-state index in [0.29, 0.717) is 62.3 Å². The van der Waals surface area contributed by atoms with Crippen LogP contribution in [-0.4, -0.2) is 127 Å². The molecule has 7 unspecified atom stereocenters. The van der Waals surface area contributed by atoms with Crippen LogP contribution in [0.25, 0.3) is 11.1 Å². The highest BCUT2D eigenvalue weighted by Crippen LogP contribution is 2.44. The van der Waals surface area contributed by atoms with Crippen LogP contribution in [0.5, 0.6) is 17.2 Å². The van der Waals surface area contributed by atoms with E-state index >= 15 is 0 Å². The van der Waals surface area contributed by atoms with E-state index in [1.807, 2.05) is 55.5 Å². The lowest BCUT2D eigenvalue weighted by Crippen LogP contribution is -2.61. The van der Waals surface area contributed by atoms with Gasteiger partial charge < -0.3 is 64.1 Å². The molecule has 0 radical (unpaired) electrons. The van der Waals surface area contributed by atoms with Crippen molar-refractivity contribution in [3.05, 3.63) is 113 Å². The average molecular weight is 886 g/mol. The molecular weight excluding hydrogens is 823 g/mol. The highest BCUT2D eigenvalue weighted by molar-refractivity contribution is 5.79. The van der Waals surface area contributed by atoms with Gasteiger partial charge in [0.25, 0.3) is 5.91 Å². The molecule has 0 bridgehead atoms. The van der Waals surface area contributed by atoms with Crippen molar-refractivity contribution in [1.82, 2.24) is 16.0 Å². The number of aliphatic hydroxyl groups is 2. The predicted molar refractivity (Wildman–Crippen MR) is 240 cm³/mol. The quantitative estimate of drug-likeness (QED) is 0.0569. The number of carbonyl (C=O) groups is 2. The van der Waals surface area contributed by atoms with Gasteiger partial charge >= 0.3 is 6.09 Å². The summed E-state index contributed by atoms with van der Waals surface area (Å²) in [5, 5.41) is 30.0. The maximum atomic E-state index is 13.6. The van der Waals surface area contributed by atoms with Gasteiger partial charge in [-0.1, -0.05) is 67.6 Å². The molecule has 4 aromatic carbocycles. The molecule has 1 fully saturated rings. The van der Waals surface area contributed by atoms with E-state index in [9.17, 15) is 19.8 Å². The second-order valence-corrected chi connectivity index (χ2v) is 15.9. The number of fused-ring (bicyclic) bond motifs is 3. The molecule has 4 aromatic rings. The first-order valence-electron chi connectivity index (χ1n) is 21.9. The van der Waals surface area contributed by atoms with Crippen LogP contribution in [0.1, 0.15) is 60.9 Å². The number of methoxy groups -OCH3 is 3. The van der Waals surface area contributed by atoms with Crippen LogP contribution in [0.15, 0.2) is 91.0 Å². The number of hydrogen-bond donors (Lipinski definition) is 5. The normalized spacial score (nSPS) is 20.1. The van der Waals surface area contributed by atoms with Crippen molar-refractivity contribution in [1.29, 1.82) is 0 Å². The van der Waals surface area contributed by atoms with Gasteiger partial charge in [-0.2, -0.15) is 0 Å². The molecule has 2 amide bonds.